The fourth-order valence-electron chi connectivity index (χ4n) is 4.73. The van der Waals surface area contributed by atoms with E-state index in [1.807, 2.05) is 6.07 Å². The molecule has 11 heteroatoms. The summed E-state index contributed by atoms with van der Waals surface area (Å²) in [7, 11) is 0. The first-order chi connectivity index (χ1) is 15.5. The van der Waals surface area contributed by atoms with Crippen molar-refractivity contribution in [3.05, 3.63) is 44.6 Å². The number of rotatable bonds is 4. The minimum absolute atomic E-state index is 0.226. The van der Waals surface area contributed by atoms with Gasteiger partial charge in [0.25, 0.3) is 6.01 Å². The fourth-order valence-corrected chi connectivity index (χ4v) is 5.41. The number of hydrogen-bond donors (Lipinski definition) is 3. The van der Waals surface area contributed by atoms with Crippen LogP contribution in [0.4, 0.5) is 10.2 Å². The number of aromatic nitrogens is 3. The van der Waals surface area contributed by atoms with Crippen molar-refractivity contribution < 1.29 is 23.7 Å². The number of H-pyrrole nitrogens is 1. The molecule has 2 unspecified atom stereocenters. The van der Waals surface area contributed by atoms with Gasteiger partial charge in [-0.15, -0.1) is 0 Å². The van der Waals surface area contributed by atoms with Gasteiger partial charge in [0.1, 0.15) is 29.9 Å². The Morgan fingerprint density at radius 1 is 1.22 bits per heavy atom. The van der Waals surface area contributed by atoms with E-state index >= 15 is 0 Å². The summed E-state index contributed by atoms with van der Waals surface area (Å²) >= 11 is 9.81. The number of ether oxygens (including phenoxy) is 3. The smallest absolute Gasteiger partial charge is 0.296 e. The maximum Gasteiger partial charge on any atom is 0.296 e. The lowest BCUT2D eigenvalue weighted by Gasteiger charge is -2.16. The number of aryl methyl sites for hydroxylation is 1. The van der Waals surface area contributed by atoms with Gasteiger partial charge in [0.15, 0.2) is 11.8 Å². The van der Waals surface area contributed by atoms with E-state index in [0.717, 1.165) is 22.9 Å². The monoisotopic (exact) mass is 524 g/mol. The number of anilines is 1. The van der Waals surface area contributed by atoms with Crippen molar-refractivity contribution in [3.63, 3.8) is 0 Å². The number of benzene rings is 1. The van der Waals surface area contributed by atoms with Gasteiger partial charge in [0, 0.05) is 10.0 Å². The molecule has 4 heterocycles. The second kappa shape index (κ2) is 7.81. The van der Waals surface area contributed by atoms with Crippen LogP contribution < -0.4 is 10.1 Å². The van der Waals surface area contributed by atoms with Crippen LogP contribution in [0.5, 0.6) is 6.01 Å². The van der Waals surface area contributed by atoms with Gasteiger partial charge in [-0.25, -0.2) is 9.37 Å². The number of aliphatic hydroxyl groups is 1. The van der Waals surface area contributed by atoms with E-state index in [9.17, 15) is 9.50 Å². The van der Waals surface area contributed by atoms with E-state index in [1.54, 1.807) is 6.07 Å². The predicted molar refractivity (Wildman–Crippen MR) is 118 cm³/mol. The number of imidazole rings is 1. The number of nitrogens with one attached hydrogen (secondary N) is 2. The number of nitrogens with zero attached hydrogens (tertiary/aromatic N) is 2. The van der Waals surface area contributed by atoms with E-state index in [0.29, 0.717) is 34.2 Å². The average Bonchev–Trinajstić information content (AvgIpc) is 3.49. The number of aliphatic hydroxyl groups excluding tert-OH is 1. The van der Waals surface area contributed by atoms with Gasteiger partial charge >= 0.3 is 0 Å². The summed E-state index contributed by atoms with van der Waals surface area (Å²) in [6.45, 7) is 0.524. The molecule has 3 aromatic rings. The molecule has 2 aliphatic heterocycles. The van der Waals surface area contributed by atoms with Crippen LogP contribution in [0.15, 0.2) is 22.7 Å². The normalized spacial score (nSPS) is 28.8. The number of fused-ring (bicyclic) bond motifs is 3. The number of aromatic amines is 1. The standard InChI is InChI=1S/C21H19BrClFN4O4/c22-9-3-8-1-2-12(16(8)11(24)4-9)25-19-10(23)5-13-20(27-19)28-21(26-13)32-15-7-31-17-14(29)6-30-18(15)17/h3-5,12,14-15,17-18,29H,1-2,6-7H2,(H2,25,26,27,28)/t12-,14+,15+,17?,18?/m0/s1. The van der Waals surface area contributed by atoms with Gasteiger partial charge < -0.3 is 29.6 Å². The molecule has 32 heavy (non-hydrogen) atoms. The van der Waals surface area contributed by atoms with Crippen LogP contribution >= 0.6 is 27.5 Å². The lowest BCUT2D eigenvalue weighted by atomic mass is 10.1. The molecule has 168 valence electrons. The van der Waals surface area contributed by atoms with Crippen molar-refractivity contribution in [2.45, 2.75) is 43.3 Å². The van der Waals surface area contributed by atoms with Crippen molar-refractivity contribution >= 4 is 44.5 Å². The van der Waals surface area contributed by atoms with Crippen LogP contribution in [-0.4, -0.2) is 57.7 Å². The third-order valence-corrected chi connectivity index (χ3v) is 6.94. The Morgan fingerprint density at radius 3 is 2.94 bits per heavy atom. The summed E-state index contributed by atoms with van der Waals surface area (Å²) in [6, 6.07) is 5.17. The van der Waals surface area contributed by atoms with Gasteiger partial charge in [0.05, 0.1) is 29.8 Å². The van der Waals surface area contributed by atoms with Gasteiger partial charge in [0.2, 0.25) is 0 Å². The van der Waals surface area contributed by atoms with Crippen molar-refractivity contribution in [2.24, 2.45) is 0 Å². The molecule has 0 saturated carbocycles. The molecule has 3 aliphatic rings. The topological polar surface area (TPSA) is 102 Å². The molecule has 2 saturated heterocycles. The Kier molecular flexibility index (Phi) is 5.03. The molecule has 3 N–H and O–H groups in total. The van der Waals surface area contributed by atoms with Crippen LogP contribution in [0, 0.1) is 5.82 Å². The van der Waals surface area contributed by atoms with Crippen molar-refractivity contribution in [2.75, 3.05) is 18.5 Å². The fraction of sp³-hybridized carbons (Fsp3) is 0.429. The third-order valence-electron chi connectivity index (χ3n) is 6.19. The Labute approximate surface area is 195 Å². The molecule has 1 aliphatic carbocycles. The predicted octanol–water partition coefficient (Wildman–Crippen LogP) is 3.52. The first-order valence-electron chi connectivity index (χ1n) is 10.3. The Morgan fingerprint density at radius 2 is 2.06 bits per heavy atom. The molecule has 6 rings (SSSR count). The highest BCUT2D eigenvalue weighted by Gasteiger charge is 2.48. The lowest BCUT2D eigenvalue weighted by Crippen LogP contribution is -2.34. The Bertz CT molecular complexity index is 1210. The van der Waals surface area contributed by atoms with Gasteiger partial charge in [-0.3, -0.25) is 0 Å². The van der Waals surface area contributed by atoms with Gasteiger partial charge in [-0.05, 0) is 36.6 Å². The van der Waals surface area contributed by atoms with Crippen LogP contribution in [0.3, 0.4) is 0 Å². The highest BCUT2D eigenvalue weighted by atomic mass is 79.9. The average molecular weight is 526 g/mol. The second-order valence-electron chi connectivity index (χ2n) is 8.25. The molecule has 8 nitrogen and oxygen atoms in total. The van der Waals surface area contributed by atoms with E-state index in [1.165, 1.54) is 6.07 Å². The van der Waals surface area contributed by atoms with Crippen molar-refractivity contribution in [1.82, 2.24) is 15.0 Å². The summed E-state index contributed by atoms with van der Waals surface area (Å²) in [6.07, 6.45) is -0.254. The van der Waals surface area contributed by atoms with Crippen LogP contribution in [0.2, 0.25) is 5.02 Å². The first kappa shape index (κ1) is 20.6. The molecule has 5 atom stereocenters. The minimum atomic E-state index is -0.648. The number of pyridine rings is 1. The van der Waals surface area contributed by atoms with E-state index < -0.39 is 6.10 Å². The van der Waals surface area contributed by atoms with Crippen LogP contribution in [0.1, 0.15) is 23.6 Å². The Balaban J connectivity index is 1.23. The molecule has 0 spiro atoms. The van der Waals surface area contributed by atoms with Crippen molar-refractivity contribution in [1.29, 1.82) is 0 Å². The third kappa shape index (κ3) is 3.45. The zero-order valence-electron chi connectivity index (χ0n) is 16.6. The largest absolute Gasteiger partial charge is 0.456 e. The van der Waals surface area contributed by atoms with E-state index in [4.69, 9.17) is 25.8 Å². The molecular weight excluding hydrogens is 507 g/mol. The molecule has 0 amide bonds. The quantitative estimate of drug-likeness (QED) is 0.479. The molecule has 2 fully saturated rings. The highest BCUT2D eigenvalue weighted by molar-refractivity contribution is 9.10. The van der Waals surface area contributed by atoms with E-state index in [-0.39, 0.29) is 42.8 Å². The lowest BCUT2D eigenvalue weighted by molar-refractivity contribution is 0.00706. The minimum Gasteiger partial charge on any atom is -0.456 e. The second-order valence-corrected chi connectivity index (χ2v) is 9.57. The first-order valence-corrected chi connectivity index (χ1v) is 11.5. The molecule has 1 aromatic carbocycles. The van der Waals surface area contributed by atoms with Crippen LogP contribution in [0.25, 0.3) is 11.2 Å². The molecular formula is C21H19BrClFN4O4. The zero-order chi connectivity index (χ0) is 22.0. The van der Waals surface area contributed by atoms with Crippen molar-refractivity contribution in [3.8, 4) is 6.01 Å². The molecule has 0 radical (unpaired) electrons. The molecule has 2 aromatic heterocycles. The molecule has 0 bridgehead atoms. The summed E-state index contributed by atoms with van der Waals surface area (Å²) in [5.41, 5.74) is 2.65. The summed E-state index contributed by atoms with van der Waals surface area (Å²) in [5, 5.41) is 13.5. The van der Waals surface area contributed by atoms with Gasteiger partial charge in [-0.1, -0.05) is 27.5 Å². The summed E-state index contributed by atoms with van der Waals surface area (Å²) < 4.78 is 32.4. The SMILES string of the molecule is O[C@@H]1COC2C1OC[C@H]2Oc1nc2nc(N[C@H]3CCc4cc(Br)cc(F)c43)c(Cl)cc2[nH]1. The maximum atomic E-state index is 14.6. The summed E-state index contributed by atoms with van der Waals surface area (Å²) in [4.78, 5) is 12.0. The summed E-state index contributed by atoms with van der Waals surface area (Å²) in [5.74, 6) is 0.178. The van der Waals surface area contributed by atoms with E-state index in [2.05, 4.69) is 36.2 Å². The zero-order valence-corrected chi connectivity index (χ0v) is 19.0. The highest BCUT2D eigenvalue weighted by Crippen LogP contribution is 2.39. The van der Waals surface area contributed by atoms with Gasteiger partial charge in [-0.2, -0.15) is 4.98 Å². The van der Waals surface area contributed by atoms with Crippen LogP contribution in [-0.2, 0) is 15.9 Å². The number of halogens is 3. The maximum absolute atomic E-state index is 14.6. The Hall–Kier alpha value is -1.98. The number of hydrogen-bond acceptors (Lipinski definition) is 7.